The lowest BCUT2D eigenvalue weighted by atomic mass is 10.4. The maximum atomic E-state index is 4.31. The summed E-state index contributed by atoms with van der Waals surface area (Å²) in [7, 11) is 0. The fourth-order valence-electron chi connectivity index (χ4n) is 0.830. The number of benzene rings is 1. The highest BCUT2D eigenvalue weighted by Gasteiger charge is 2.07. The van der Waals surface area contributed by atoms with Crippen molar-refractivity contribution in [3.05, 3.63) is 20.1 Å². The highest BCUT2D eigenvalue weighted by Crippen LogP contribution is 2.19. The summed E-state index contributed by atoms with van der Waals surface area (Å²) in [5.41, 5.74) is 3.11. The second kappa shape index (κ2) is 2.21. The van der Waals surface area contributed by atoms with Crippen LogP contribution >= 0.6 is 47.8 Å². The Balaban J connectivity index is 2.88. The fraction of sp³-hybridized carbons (Fsp3) is 0. The van der Waals surface area contributed by atoms with E-state index in [-0.39, 0.29) is 0 Å². The molecule has 10 heavy (non-hydrogen) atoms. The van der Waals surface area contributed by atoms with Gasteiger partial charge in [-0.05, 0) is 28.7 Å². The first-order valence-corrected chi connectivity index (χ1v) is 4.69. The maximum absolute atomic E-state index is 4.31. The van der Waals surface area contributed by atoms with Gasteiger partial charge in [0.2, 0.25) is 0 Å². The van der Waals surface area contributed by atoms with Gasteiger partial charge in [0.25, 0.3) is 0 Å². The van der Waals surface area contributed by atoms with Crippen LogP contribution in [0.4, 0.5) is 0 Å². The lowest BCUT2D eigenvalue weighted by Gasteiger charge is -1.95. The summed E-state index contributed by atoms with van der Waals surface area (Å²) in [5, 5.41) is 2.32. The van der Waals surface area contributed by atoms with E-state index in [0.717, 1.165) is 23.8 Å². The Hall–Kier alpha value is 0.430. The van der Waals surface area contributed by atoms with Gasteiger partial charge < -0.3 is 0 Å². The summed E-state index contributed by atoms with van der Waals surface area (Å²) in [4.78, 5) is 2.01. The summed E-state index contributed by atoms with van der Waals surface area (Å²) >= 11 is 10.8. The van der Waals surface area contributed by atoms with E-state index in [2.05, 4.69) is 53.6 Å². The molecule has 2 rings (SSSR count). The van der Waals surface area contributed by atoms with Crippen molar-refractivity contribution in [3.63, 3.8) is 0 Å². The van der Waals surface area contributed by atoms with Crippen molar-refractivity contribution in [3.8, 4) is 0 Å². The molecular formula is C7H3IS2. The first kappa shape index (κ1) is 7.10. The minimum Gasteiger partial charge on any atom is -0.142 e. The highest BCUT2D eigenvalue weighted by atomic mass is 127. The summed E-state index contributed by atoms with van der Waals surface area (Å²) in [6.07, 6.45) is 0. The van der Waals surface area contributed by atoms with Crippen LogP contribution in [0.25, 0.3) is 5.73 Å². The van der Waals surface area contributed by atoms with Gasteiger partial charge in [0.15, 0.2) is 0 Å². The molecule has 50 valence electrons. The SMILES string of the molecule is Sc1cc2c(c(S)c1I)=C=2. The third-order valence-corrected chi connectivity index (χ3v) is 4.19. The largest absolute Gasteiger partial charge is 0.142 e. The van der Waals surface area contributed by atoms with Crippen molar-refractivity contribution < 1.29 is 0 Å². The molecule has 0 N–H and O–H groups in total. The standard InChI is InChI=1S/C7H3IS2/c8-6-5(9)2-3-1-4(3)7(6)10/h2,9-10H. The average molecular weight is 278 g/mol. The molecular weight excluding hydrogens is 275 g/mol. The molecule has 1 aliphatic rings. The van der Waals surface area contributed by atoms with E-state index in [4.69, 9.17) is 0 Å². The van der Waals surface area contributed by atoms with Gasteiger partial charge >= 0.3 is 0 Å². The zero-order chi connectivity index (χ0) is 7.30. The minimum atomic E-state index is 0.995. The molecule has 3 heteroatoms. The van der Waals surface area contributed by atoms with Crippen molar-refractivity contribution in [1.82, 2.24) is 0 Å². The van der Waals surface area contributed by atoms with Crippen molar-refractivity contribution in [1.29, 1.82) is 0 Å². The zero-order valence-electron chi connectivity index (χ0n) is 4.85. The number of hydrogen-bond acceptors (Lipinski definition) is 2. The fourth-order valence-corrected chi connectivity index (χ4v) is 1.88. The molecule has 0 atom stereocenters. The lowest BCUT2D eigenvalue weighted by molar-refractivity contribution is 1.25. The summed E-state index contributed by atoms with van der Waals surface area (Å²) < 4.78 is 1.12. The summed E-state index contributed by atoms with van der Waals surface area (Å²) in [6, 6.07) is 2.01. The molecule has 0 amide bonds. The Morgan fingerprint density at radius 1 is 1.40 bits per heavy atom. The van der Waals surface area contributed by atoms with E-state index in [0.29, 0.717) is 0 Å². The number of thiol groups is 2. The zero-order valence-corrected chi connectivity index (χ0v) is 8.80. The predicted molar refractivity (Wildman–Crippen MR) is 55.4 cm³/mol. The molecule has 0 spiro atoms. The minimum absolute atomic E-state index is 0.995. The van der Waals surface area contributed by atoms with Gasteiger partial charge in [-0.3, -0.25) is 0 Å². The average Bonchev–Trinajstić information content (AvgIpc) is 2.62. The molecule has 0 radical (unpaired) electrons. The van der Waals surface area contributed by atoms with Gasteiger partial charge in [0.1, 0.15) is 0 Å². The molecule has 0 heterocycles. The maximum Gasteiger partial charge on any atom is 0.0466 e. The molecule has 0 nitrogen and oxygen atoms in total. The van der Waals surface area contributed by atoms with Crippen LogP contribution in [0.5, 0.6) is 0 Å². The van der Waals surface area contributed by atoms with Gasteiger partial charge in [0, 0.05) is 23.8 Å². The second-order valence-electron chi connectivity index (χ2n) is 2.11. The van der Waals surface area contributed by atoms with Crippen molar-refractivity contribution in [2.24, 2.45) is 0 Å². The molecule has 0 saturated heterocycles. The second-order valence-corrected chi connectivity index (χ2v) is 4.11. The molecule has 0 fully saturated rings. The van der Waals surface area contributed by atoms with Crippen LogP contribution in [0, 0.1) is 3.57 Å². The number of halogens is 1. The first-order chi connectivity index (χ1) is 4.70. The van der Waals surface area contributed by atoms with Crippen molar-refractivity contribution in [2.75, 3.05) is 0 Å². The molecule has 0 aliphatic heterocycles. The third-order valence-electron chi connectivity index (χ3n) is 1.42. The normalized spacial score (nSPS) is 11.5. The highest BCUT2D eigenvalue weighted by molar-refractivity contribution is 14.1. The molecule has 1 aliphatic carbocycles. The summed E-state index contributed by atoms with van der Waals surface area (Å²) in [6.45, 7) is 0. The smallest absolute Gasteiger partial charge is 0.0466 e. The molecule has 0 saturated carbocycles. The van der Waals surface area contributed by atoms with Crippen LogP contribution in [0.15, 0.2) is 15.9 Å². The van der Waals surface area contributed by atoms with Crippen LogP contribution in [0.1, 0.15) is 0 Å². The Morgan fingerprint density at radius 3 is 2.80 bits per heavy atom. The van der Waals surface area contributed by atoms with Gasteiger partial charge in [-0.25, -0.2) is 0 Å². The monoisotopic (exact) mass is 278 g/mol. The molecule has 0 unspecified atom stereocenters. The Bertz CT molecular complexity index is 430. The Kier molecular flexibility index (Phi) is 1.57. The van der Waals surface area contributed by atoms with Crippen LogP contribution < -0.4 is 10.4 Å². The van der Waals surface area contributed by atoms with E-state index < -0.39 is 0 Å². The quantitative estimate of drug-likeness (QED) is 0.520. The van der Waals surface area contributed by atoms with Crippen LogP contribution in [-0.2, 0) is 0 Å². The third kappa shape index (κ3) is 0.925. The number of rotatable bonds is 0. The molecule has 1 aromatic rings. The van der Waals surface area contributed by atoms with Gasteiger partial charge in [-0.15, -0.1) is 31.0 Å². The lowest BCUT2D eigenvalue weighted by Crippen LogP contribution is -2.10. The molecule has 0 aromatic heterocycles. The van der Waals surface area contributed by atoms with Crippen LogP contribution in [0.2, 0.25) is 0 Å². The predicted octanol–water partition coefficient (Wildman–Crippen LogP) is 0.933. The van der Waals surface area contributed by atoms with Crippen LogP contribution in [0.3, 0.4) is 0 Å². The number of hydrogen-bond donors (Lipinski definition) is 2. The van der Waals surface area contributed by atoms with Crippen LogP contribution in [-0.4, -0.2) is 0 Å². The molecule has 0 bridgehead atoms. The first-order valence-electron chi connectivity index (χ1n) is 2.71. The van der Waals surface area contributed by atoms with E-state index in [1.807, 2.05) is 6.07 Å². The van der Waals surface area contributed by atoms with Crippen molar-refractivity contribution in [2.45, 2.75) is 9.79 Å². The topological polar surface area (TPSA) is 0 Å². The Morgan fingerprint density at radius 2 is 2.10 bits per heavy atom. The van der Waals surface area contributed by atoms with E-state index >= 15 is 0 Å². The van der Waals surface area contributed by atoms with E-state index in [9.17, 15) is 0 Å². The Labute approximate surface area is 83.0 Å². The van der Waals surface area contributed by atoms with Gasteiger partial charge in [0.05, 0.1) is 0 Å². The van der Waals surface area contributed by atoms with Gasteiger partial charge in [-0.2, -0.15) is 0 Å². The van der Waals surface area contributed by atoms with Gasteiger partial charge in [-0.1, -0.05) is 0 Å². The van der Waals surface area contributed by atoms with E-state index in [1.165, 1.54) is 0 Å². The summed E-state index contributed by atoms with van der Waals surface area (Å²) in [5.74, 6) is 0. The van der Waals surface area contributed by atoms with E-state index in [1.54, 1.807) is 0 Å². The number of fused-ring (bicyclic) bond motifs is 1. The molecule has 1 aromatic carbocycles. The van der Waals surface area contributed by atoms with Crippen molar-refractivity contribution >= 4 is 53.6 Å².